The summed E-state index contributed by atoms with van der Waals surface area (Å²) in [5, 5.41) is 0. The van der Waals surface area contributed by atoms with Crippen LogP contribution in [0.1, 0.15) is 138 Å². The summed E-state index contributed by atoms with van der Waals surface area (Å²) < 4.78 is 0. The highest BCUT2D eigenvalue weighted by Crippen LogP contribution is 2.39. The van der Waals surface area contributed by atoms with Gasteiger partial charge in [-0.2, -0.15) is 0 Å². The summed E-state index contributed by atoms with van der Waals surface area (Å²) in [6, 6.07) is 4.53. The zero-order valence-electron chi connectivity index (χ0n) is 29.3. The highest BCUT2D eigenvalue weighted by atomic mass is 16.1. The standard InChI is InChI=1S/C40H54N4O/c1-10-19-20-31-36-27(15-6)23(11-2)32(41-36)21-34-25(13-4)29(17-8)38(43-34)40(45)39-30(18-9)26(14-5)35(44-39)22-33-24(12-3)28(16-7)37(31)42-33/h21-22,41,43-44H,10-20H2,1-9H3. The van der Waals surface area contributed by atoms with E-state index < -0.39 is 0 Å². The van der Waals surface area contributed by atoms with E-state index in [1.807, 2.05) is 0 Å². The molecule has 0 aliphatic carbocycles. The molecular formula is C40H54N4O. The number of hydrogen-bond acceptors (Lipinski definition) is 2. The minimum atomic E-state index is 0.0629. The Balaban J connectivity index is 2.15. The van der Waals surface area contributed by atoms with Crippen LogP contribution in [0.2, 0.25) is 0 Å². The van der Waals surface area contributed by atoms with Gasteiger partial charge in [-0.05, 0) is 121 Å². The molecule has 0 radical (unpaired) electrons. The Morgan fingerprint density at radius 3 is 1.40 bits per heavy atom. The van der Waals surface area contributed by atoms with Crippen LogP contribution in [0.15, 0.2) is 16.9 Å². The molecule has 0 unspecified atom stereocenters. The number of unbranched alkanes of at least 4 members (excludes halogenated alkanes) is 1. The third-order valence-corrected chi connectivity index (χ3v) is 10.2. The first-order chi connectivity index (χ1) is 21.8. The van der Waals surface area contributed by atoms with Crippen LogP contribution >= 0.6 is 0 Å². The Kier molecular flexibility index (Phi) is 10.1. The SMILES string of the molecule is CCCCc1c2nc(cc3[nH]c(c(CC)c3CC)c(=O)c3[nH]c(cc4[nH]c1c(CC)c4CC)c(CC)c3CC)C(CC)=C2CC. The lowest BCUT2D eigenvalue weighted by Crippen LogP contribution is -2.04. The van der Waals surface area contributed by atoms with Gasteiger partial charge < -0.3 is 15.0 Å². The van der Waals surface area contributed by atoms with Gasteiger partial charge in [0.15, 0.2) is 0 Å². The van der Waals surface area contributed by atoms with Gasteiger partial charge in [0.05, 0.1) is 22.4 Å². The van der Waals surface area contributed by atoms with Crippen LogP contribution in [0.5, 0.6) is 0 Å². The molecular weight excluding hydrogens is 552 g/mol. The molecule has 5 heterocycles. The van der Waals surface area contributed by atoms with Gasteiger partial charge in [-0.15, -0.1) is 0 Å². The van der Waals surface area contributed by atoms with Crippen LogP contribution in [-0.2, 0) is 44.9 Å². The van der Waals surface area contributed by atoms with E-state index in [9.17, 15) is 4.79 Å². The van der Waals surface area contributed by atoms with Crippen LogP contribution < -0.4 is 5.43 Å². The number of aryl methyl sites for hydroxylation is 7. The fourth-order valence-corrected chi connectivity index (χ4v) is 8.01. The van der Waals surface area contributed by atoms with Crippen LogP contribution in [0.3, 0.4) is 0 Å². The highest BCUT2D eigenvalue weighted by molar-refractivity contribution is 5.95. The molecule has 3 N–H and O–H groups in total. The van der Waals surface area contributed by atoms with Crippen LogP contribution in [0, 0.1) is 0 Å². The van der Waals surface area contributed by atoms with Crippen molar-refractivity contribution in [3.8, 4) is 0 Å². The quantitative estimate of drug-likeness (QED) is 0.159. The fraction of sp³-hybridized carbons (Fsp3) is 0.500. The Labute approximate surface area is 269 Å². The number of hydrogen-bond donors (Lipinski definition) is 3. The Morgan fingerprint density at radius 2 is 0.956 bits per heavy atom. The third-order valence-electron chi connectivity index (χ3n) is 10.2. The van der Waals surface area contributed by atoms with Crippen LogP contribution in [-0.4, -0.2) is 19.9 Å². The first kappa shape index (κ1) is 32.8. The largest absolute Gasteiger partial charge is 0.355 e. The number of nitrogens with zero attached hydrogens (tertiary/aromatic N) is 1. The van der Waals surface area contributed by atoms with E-state index in [4.69, 9.17) is 4.98 Å². The number of rotatable bonds is 11. The number of H-pyrrole nitrogens is 3. The van der Waals surface area contributed by atoms with E-state index in [2.05, 4.69) is 89.4 Å². The zero-order chi connectivity index (χ0) is 32.4. The Bertz CT molecular complexity index is 1950. The van der Waals surface area contributed by atoms with E-state index in [0.29, 0.717) is 0 Å². The number of aromatic nitrogens is 4. The van der Waals surface area contributed by atoms with Crippen molar-refractivity contribution in [2.24, 2.45) is 0 Å². The predicted molar refractivity (Wildman–Crippen MR) is 195 cm³/mol. The molecule has 0 atom stereocenters. The van der Waals surface area contributed by atoms with Gasteiger partial charge in [0.2, 0.25) is 5.43 Å². The molecule has 8 bridgehead atoms. The summed E-state index contributed by atoms with van der Waals surface area (Å²) in [4.78, 5) is 31.3. The third kappa shape index (κ3) is 5.47. The molecule has 240 valence electrons. The lowest BCUT2D eigenvalue weighted by Gasteiger charge is -2.10. The smallest absolute Gasteiger partial charge is 0.225 e. The summed E-state index contributed by atoms with van der Waals surface area (Å²) in [6.45, 7) is 20.1. The maximum absolute atomic E-state index is 14.5. The second kappa shape index (κ2) is 13.8. The Hall–Kier alpha value is -3.60. The fourth-order valence-electron chi connectivity index (χ4n) is 8.01. The molecule has 0 amide bonds. The molecule has 5 rings (SSSR count). The van der Waals surface area contributed by atoms with Crippen molar-refractivity contribution in [2.45, 2.75) is 133 Å². The van der Waals surface area contributed by atoms with E-state index >= 15 is 0 Å². The van der Waals surface area contributed by atoms with Gasteiger partial charge in [0.1, 0.15) is 0 Å². The van der Waals surface area contributed by atoms with Crippen LogP contribution in [0.4, 0.5) is 0 Å². The summed E-state index contributed by atoms with van der Waals surface area (Å²) in [6.07, 6.45) is 10.4. The van der Waals surface area contributed by atoms with Gasteiger partial charge in [-0.3, -0.25) is 4.79 Å². The van der Waals surface area contributed by atoms with E-state index in [1.54, 1.807) is 0 Å². The molecule has 45 heavy (non-hydrogen) atoms. The van der Waals surface area contributed by atoms with Crippen molar-refractivity contribution in [3.05, 3.63) is 72.7 Å². The lowest BCUT2D eigenvalue weighted by atomic mass is 9.94. The first-order valence-corrected chi connectivity index (χ1v) is 17.9. The average Bonchev–Trinajstić information content (AvgIpc) is 3.79. The maximum atomic E-state index is 14.5. The predicted octanol–water partition coefficient (Wildman–Crippen LogP) is 10.3. The molecule has 5 heteroatoms. The monoisotopic (exact) mass is 606 g/mol. The normalized spacial score (nSPS) is 12.6. The van der Waals surface area contributed by atoms with Crippen molar-refractivity contribution < 1.29 is 0 Å². The summed E-state index contributed by atoms with van der Waals surface area (Å²) in [7, 11) is 0. The van der Waals surface area contributed by atoms with Gasteiger partial charge in [-0.1, -0.05) is 68.7 Å². The lowest BCUT2D eigenvalue weighted by molar-refractivity contribution is 0.793. The highest BCUT2D eigenvalue weighted by Gasteiger charge is 2.24. The molecule has 0 saturated heterocycles. The minimum absolute atomic E-state index is 0.0629. The molecule has 1 aliphatic heterocycles. The molecule has 0 spiro atoms. The number of fused-ring (bicyclic) bond motifs is 8. The second-order valence-corrected chi connectivity index (χ2v) is 12.4. The summed E-state index contributed by atoms with van der Waals surface area (Å²) in [5.41, 5.74) is 19.7. The summed E-state index contributed by atoms with van der Waals surface area (Å²) >= 11 is 0. The van der Waals surface area contributed by atoms with E-state index in [1.165, 1.54) is 44.5 Å². The van der Waals surface area contributed by atoms with Gasteiger partial charge in [0, 0.05) is 27.6 Å². The molecule has 0 aromatic carbocycles. The van der Waals surface area contributed by atoms with Gasteiger partial charge in [-0.25, -0.2) is 4.98 Å². The van der Waals surface area contributed by atoms with Crippen molar-refractivity contribution in [1.29, 1.82) is 0 Å². The zero-order valence-corrected chi connectivity index (χ0v) is 29.3. The molecule has 4 aromatic rings. The minimum Gasteiger partial charge on any atom is -0.355 e. The molecule has 4 aromatic heterocycles. The van der Waals surface area contributed by atoms with Crippen molar-refractivity contribution in [1.82, 2.24) is 19.9 Å². The van der Waals surface area contributed by atoms with Crippen molar-refractivity contribution in [2.75, 3.05) is 0 Å². The first-order valence-electron chi connectivity index (χ1n) is 17.9. The van der Waals surface area contributed by atoms with E-state index in [0.717, 1.165) is 121 Å². The maximum Gasteiger partial charge on any atom is 0.225 e. The molecule has 0 fully saturated rings. The molecule has 1 aliphatic rings. The van der Waals surface area contributed by atoms with Crippen LogP contribution in [0.25, 0.3) is 44.2 Å². The Morgan fingerprint density at radius 1 is 0.511 bits per heavy atom. The number of allylic oxidation sites excluding steroid dienone is 2. The molecule has 5 nitrogen and oxygen atoms in total. The van der Waals surface area contributed by atoms with Crippen molar-refractivity contribution >= 4 is 44.2 Å². The van der Waals surface area contributed by atoms with Crippen molar-refractivity contribution in [3.63, 3.8) is 0 Å². The average molecular weight is 607 g/mol. The topological polar surface area (TPSA) is 77.3 Å². The van der Waals surface area contributed by atoms with Gasteiger partial charge in [0.25, 0.3) is 0 Å². The van der Waals surface area contributed by atoms with E-state index in [-0.39, 0.29) is 5.43 Å². The summed E-state index contributed by atoms with van der Waals surface area (Å²) in [5.74, 6) is 0. The molecule has 0 saturated carbocycles. The number of aromatic amines is 3. The second-order valence-electron chi connectivity index (χ2n) is 12.4. The van der Waals surface area contributed by atoms with Gasteiger partial charge >= 0.3 is 0 Å². The number of nitrogens with one attached hydrogen (secondary N) is 3.